The molecule has 0 fully saturated rings. The summed E-state index contributed by atoms with van der Waals surface area (Å²) in [5, 5.41) is 8.29. The van der Waals surface area contributed by atoms with Crippen molar-refractivity contribution in [1.82, 2.24) is 4.90 Å². The minimum atomic E-state index is -3.80. The summed E-state index contributed by atoms with van der Waals surface area (Å²) in [6, 6.07) is 0. The third-order valence-corrected chi connectivity index (χ3v) is 1.89. The predicted molar refractivity (Wildman–Crippen MR) is 55.7 cm³/mol. The van der Waals surface area contributed by atoms with Crippen molar-refractivity contribution in [1.29, 1.82) is 0 Å². The van der Waals surface area contributed by atoms with Gasteiger partial charge in [0.05, 0.1) is 5.75 Å². The van der Waals surface area contributed by atoms with Crippen LogP contribution in [-0.4, -0.2) is 62.5 Å². The third-order valence-electron chi connectivity index (χ3n) is 1.14. The molecule has 88 valence electrons. The van der Waals surface area contributed by atoms with Gasteiger partial charge in [0.25, 0.3) is 10.1 Å². The van der Waals surface area contributed by atoms with Crippen LogP contribution in [0, 0.1) is 0 Å². The number of hydrogen-bond acceptors (Lipinski definition) is 5. The summed E-state index contributed by atoms with van der Waals surface area (Å²) >= 11 is 0. The van der Waals surface area contributed by atoms with E-state index >= 15 is 0 Å². The summed E-state index contributed by atoms with van der Waals surface area (Å²) in [6.07, 6.45) is 0.882. The van der Waals surface area contributed by atoms with E-state index in [0.717, 1.165) is 13.0 Å². The van der Waals surface area contributed by atoms with E-state index < -0.39 is 10.1 Å². The number of nitrogens with two attached hydrogens (primary N) is 1. The highest BCUT2D eigenvalue weighted by atomic mass is 32.2. The Morgan fingerprint density at radius 1 is 1.36 bits per heavy atom. The first-order chi connectivity index (χ1) is 6.33. The van der Waals surface area contributed by atoms with Gasteiger partial charge >= 0.3 is 0 Å². The molecule has 0 amide bonds. The first kappa shape index (κ1) is 16.2. The maximum absolute atomic E-state index is 9.71. The fraction of sp³-hybridized carbons (Fsp3) is 1.00. The molecule has 0 saturated carbocycles. The highest BCUT2D eigenvalue weighted by molar-refractivity contribution is 7.85. The molecule has 0 saturated heterocycles. The molecule has 0 aliphatic carbocycles. The van der Waals surface area contributed by atoms with Crippen molar-refractivity contribution in [3.63, 3.8) is 0 Å². The zero-order valence-corrected chi connectivity index (χ0v) is 9.50. The highest BCUT2D eigenvalue weighted by Crippen LogP contribution is 1.78. The Kier molecular flexibility index (Phi) is 10.8. The molecule has 0 aliphatic heterocycles. The van der Waals surface area contributed by atoms with Gasteiger partial charge in [0, 0.05) is 13.2 Å². The smallest absolute Gasteiger partial charge is 0.266 e. The highest BCUT2D eigenvalue weighted by Gasteiger charge is 1.98. The molecular weight excluding hydrogens is 208 g/mol. The SMILES string of the molecule is CN(C)CCCO.NCCS(=O)(=O)O. The molecule has 0 aromatic carbocycles. The maximum Gasteiger partial charge on any atom is 0.266 e. The van der Waals surface area contributed by atoms with E-state index in [0.29, 0.717) is 6.61 Å². The minimum absolute atomic E-state index is 0.0289. The molecule has 0 rings (SSSR count). The van der Waals surface area contributed by atoms with Crippen LogP contribution in [0.5, 0.6) is 0 Å². The average Bonchev–Trinajstić information content (AvgIpc) is 1.99. The maximum atomic E-state index is 9.71. The van der Waals surface area contributed by atoms with Gasteiger partial charge in [-0.15, -0.1) is 0 Å². The topological polar surface area (TPSA) is 104 Å². The quantitative estimate of drug-likeness (QED) is 0.509. The lowest BCUT2D eigenvalue weighted by atomic mass is 10.4. The van der Waals surface area contributed by atoms with Gasteiger partial charge in [0.2, 0.25) is 0 Å². The molecule has 0 aromatic rings. The van der Waals surface area contributed by atoms with Gasteiger partial charge in [0.15, 0.2) is 0 Å². The van der Waals surface area contributed by atoms with E-state index in [1.807, 2.05) is 14.1 Å². The minimum Gasteiger partial charge on any atom is -0.396 e. The Balaban J connectivity index is 0. The summed E-state index contributed by atoms with van der Waals surface area (Å²) in [5.41, 5.74) is 4.78. The fourth-order valence-electron chi connectivity index (χ4n) is 0.536. The van der Waals surface area contributed by atoms with Crippen LogP contribution in [0.4, 0.5) is 0 Å². The summed E-state index contributed by atoms with van der Waals surface area (Å²) in [6.45, 7) is 1.26. The molecule has 0 spiro atoms. The molecule has 0 heterocycles. The van der Waals surface area contributed by atoms with Crippen molar-refractivity contribution in [3.05, 3.63) is 0 Å². The summed E-state index contributed by atoms with van der Waals surface area (Å²) in [7, 11) is 0.192. The van der Waals surface area contributed by atoms with Crippen molar-refractivity contribution in [2.75, 3.05) is 39.5 Å². The zero-order valence-electron chi connectivity index (χ0n) is 8.68. The number of hydrogen-bond donors (Lipinski definition) is 3. The zero-order chi connectivity index (χ0) is 11.6. The van der Waals surface area contributed by atoms with Crippen LogP contribution >= 0.6 is 0 Å². The van der Waals surface area contributed by atoms with E-state index in [4.69, 9.17) is 15.4 Å². The third kappa shape index (κ3) is 22.6. The van der Waals surface area contributed by atoms with Crippen LogP contribution in [0.2, 0.25) is 0 Å². The van der Waals surface area contributed by atoms with E-state index in [1.165, 1.54) is 0 Å². The normalized spacial score (nSPS) is 11.0. The summed E-state index contributed by atoms with van der Waals surface area (Å²) < 4.78 is 27.3. The van der Waals surface area contributed by atoms with Crippen LogP contribution < -0.4 is 5.73 Å². The van der Waals surface area contributed by atoms with Crippen molar-refractivity contribution in [2.24, 2.45) is 5.73 Å². The fourth-order valence-corrected chi connectivity index (χ4v) is 0.834. The van der Waals surface area contributed by atoms with Gasteiger partial charge < -0.3 is 15.7 Å². The Hall–Kier alpha value is -0.210. The monoisotopic (exact) mass is 228 g/mol. The van der Waals surface area contributed by atoms with Gasteiger partial charge in [0.1, 0.15) is 0 Å². The van der Waals surface area contributed by atoms with Crippen molar-refractivity contribution in [2.45, 2.75) is 6.42 Å². The van der Waals surface area contributed by atoms with Gasteiger partial charge in [-0.05, 0) is 27.1 Å². The van der Waals surface area contributed by atoms with E-state index in [2.05, 4.69) is 4.90 Å². The van der Waals surface area contributed by atoms with Gasteiger partial charge in [-0.1, -0.05) is 0 Å². The molecule has 0 bridgehead atoms. The lowest BCUT2D eigenvalue weighted by Gasteiger charge is -2.05. The average molecular weight is 228 g/mol. The van der Waals surface area contributed by atoms with Crippen LogP contribution in [0.3, 0.4) is 0 Å². The summed E-state index contributed by atoms with van der Waals surface area (Å²) in [5.74, 6) is -0.354. The number of aliphatic hydroxyl groups excluding tert-OH is 1. The van der Waals surface area contributed by atoms with Crippen LogP contribution in [0.15, 0.2) is 0 Å². The van der Waals surface area contributed by atoms with E-state index in [-0.39, 0.29) is 12.3 Å². The lowest BCUT2D eigenvalue weighted by molar-refractivity contribution is 0.263. The summed E-state index contributed by atoms with van der Waals surface area (Å²) in [4.78, 5) is 2.05. The number of nitrogens with zero attached hydrogens (tertiary/aromatic N) is 1. The molecule has 0 radical (unpaired) electrons. The Morgan fingerprint density at radius 2 is 1.86 bits per heavy atom. The van der Waals surface area contributed by atoms with Gasteiger partial charge in [-0.25, -0.2) is 0 Å². The van der Waals surface area contributed by atoms with E-state index in [1.54, 1.807) is 0 Å². The van der Waals surface area contributed by atoms with E-state index in [9.17, 15) is 8.42 Å². The molecule has 0 aliphatic rings. The van der Waals surface area contributed by atoms with Crippen LogP contribution in [0.25, 0.3) is 0 Å². The second-order valence-corrected chi connectivity index (χ2v) is 4.53. The molecule has 0 aromatic heterocycles. The first-order valence-electron chi connectivity index (χ1n) is 4.24. The van der Waals surface area contributed by atoms with Gasteiger partial charge in [-0.2, -0.15) is 8.42 Å². The molecule has 0 unspecified atom stereocenters. The standard InChI is InChI=1S/C5H13NO.C2H7NO3S/c1-6(2)4-3-5-7;3-1-2-7(4,5)6/h7H,3-5H2,1-2H3;1-3H2,(H,4,5,6). The second-order valence-electron chi connectivity index (χ2n) is 2.96. The number of rotatable bonds is 5. The van der Waals surface area contributed by atoms with Crippen molar-refractivity contribution >= 4 is 10.1 Å². The van der Waals surface area contributed by atoms with Crippen LogP contribution in [0.1, 0.15) is 6.42 Å². The Morgan fingerprint density at radius 3 is 1.93 bits per heavy atom. The van der Waals surface area contributed by atoms with Crippen molar-refractivity contribution < 1.29 is 18.1 Å². The second kappa shape index (κ2) is 9.35. The number of aliphatic hydroxyl groups is 1. The molecular formula is C7H20N2O4S. The molecule has 14 heavy (non-hydrogen) atoms. The molecule has 4 N–H and O–H groups in total. The largest absolute Gasteiger partial charge is 0.396 e. The lowest BCUT2D eigenvalue weighted by Crippen LogP contribution is -2.13. The molecule has 6 nitrogen and oxygen atoms in total. The molecule has 7 heteroatoms. The van der Waals surface area contributed by atoms with Crippen molar-refractivity contribution in [3.8, 4) is 0 Å². The molecule has 0 atom stereocenters. The van der Waals surface area contributed by atoms with Gasteiger partial charge in [-0.3, -0.25) is 4.55 Å². The Labute approximate surface area is 85.5 Å². The van der Waals surface area contributed by atoms with Crippen LogP contribution in [-0.2, 0) is 10.1 Å². The Bertz CT molecular complexity index is 204. The first-order valence-corrected chi connectivity index (χ1v) is 5.85. The predicted octanol–water partition coefficient (Wildman–Crippen LogP) is -1.24.